The van der Waals surface area contributed by atoms with Crippen LogP contribution in [0.1, 0.15) is 20.8 Å². The van der Waals surface area contributed by atoms with Crippen LogP contribution in [0.2, 0.25) is 0 Å². The van der Waals surface area contributed by atoms with E-state index in [4.69, 9.17) is 4.74 Å². The number of aromatic nitrogens is 2. The van der Waals surface area contributed by atoms with Gasteiger partial charge in [-0.15, -0.1) is 0 Å². The maximum absolute atomic E-state index is 11.8. The minimum Gasteiger partial charge on any atom is -0.480 e. The summed E-state index contributed by atoms with van der Waals surface area (Å²) >= 11 is 3.30. The topological polar surface area (TPSA) is 67.4 Å². The molecule has 1 aromatic rings. The van der Waals surface area contributed by atoms with E-state index in [0.29, 0.717) is 22.8 Å². The molecule has 0 bridgehead atoms. The molecule has 0 aliphatic heterocycles. The summed E-state index contributed by atoms with van der Waals surface area (Å²) < 4.78 is 5.81. The number of methoxy groups -OCH3 is 1. The quantitative estimate of drug-likeness (QED) is 0.858. The standard InChI is InChI=1S/C12H19BrN4O2/c1-5-17(7-10(18)15-8(2)3)12-14-6-9(13)11(16-12)19-4/h6,8H,5,7H2,1-4H3,(H,15,18). The molecule has 7 heteroatoms. The summed E-state index contributed by atoms with van der Waals surface area (Å²) in [6.45, 7) is 6.65. The van der Waals surface area contributed by atoms with Gasteiger partial charge in [-0.2, -0.15) is 4.98 Å². The van der Waals surface area contributed by atoms with Gasteiger partial charge in [0.2, 0.25) is 17.7 Å². The largest absolute Gasteiger partial charge is 0.480 e. The van der Waals surface area contributed by atoms with Crippen LogP contribution in [0.25, 0.3) is 0 Å². The molecule has 19 heavy (non-hydrogen) atoms. The molecule has 0 unspecified atom stereocenters. The molecule has 1 N–H and O–H groups in total. The van der Waals surface area contributed by atoms with Crippen molar-refractivity contribution in [3.8, 4) is 5.88 Å². The summed E-state index contributed by atoms with van der Waals surface area (Å²) in [4.78, 5) is 22.0. The Hall–Kier alpha value is -1.37. The van der Waals surface area contributed by atoms with Crippen molar-refractivity contribution in [3.05, 3.63) is 10.7 Å². The summed E-state index contributed by atoms with van der Waals surface area (Å²) in [6, 6.07) is 0.117. The highest BCUT2D eigenvalue weighted by atomic mass is 79.9. The number of nitrogens with zero attached hydrogens (tertiary/aromatic N) is 3. The van der Waals surface area contributed by atoms with Crippen molar-refractivity contribution in [2.24, 2.45) is 0 Å². The fraction of sp³-hybridized carbons (Fsp3) is 0.583. The van der Waals surface area contributed by atoms with Crippen molar-refractivity contribution in [2.45, 2.75) is 26.8 Å². The van der Waals surface area contributed by atoms with Crippen molar-refractivity contribution in [2.75, 3.05) is 25.1 Å². The number of amides is 1. The first-order valence-electron chi connectivity index (χ1n) is 6.08. The Labute approximate surface area is 121 Å². The van der Waals surface area contributed by atoms with Crippen LogP contribution in [0.4, 0.5) is 5.95 Å². The third kappa shape index (κ3) is 4.66. The summed E-state index contributed by atoms with van der Waals surface area (Å²) in [5.41, 5.74) is 0. The monoisotopic (exact) mass is 330 g/mol. The van der Waals surface area contributed by atoms with Crippen LogP contribution in [-0.2, 0) is 4.79 Å². The highest BCUT2D eigenvalue weighted by molar-refractivity contribution is 9.10. The van der Waals surface area contributed by atoms with Gasteiger partial charge in [0.25, 0.3) is 0 Å². The van der Waals surface area contributed by atoms with E-state index in [1.165, 1.54) is 0 Å². The lowest BCUT2D eigenvalue weighted by atomic mass is 10.4. The zero-order valence-electron chi connectivity index (χ0n) is 11.6. The summed E-state index contributed by atoms with van der Waals surface area (Å²) in [5.74, 6) is 0.872. The maximum Gasteiger partial charge on any atom is 0.239 e. The third-order valence-corrected chi connectivity index (χ3v) is 2.89. The van der Waals surface area contributed by atoms with Gasteiger partial charge in [-0.3, -0.25) is 4.79 Å². The van der Waals surface area contributed by atoms with Crippen molar-refractivity contribution >= 4 is 27.8 Å². The predicted octanol–water partition coefficient (Wildman–Crippen LogP) is 1.60. The van der Waals surface area contributed by atoms with E-state index in [0.717, 1.165) is 0 Å². The summed E-state index contributed by atoms with van der Waals surface area (Å²) in [6.07, 6.45) is 1.62. The minimum atomic E-state index is -0.0534. The zero-order chi connectivity index (χ0) is 14.4. The molecule has 0 saturated heterocycles. The van der Waals surface area contributed by atoms with Gasteiger partial charge in [0, 0.05) is 12.6 Å². The number of hydrogen-bond donors (Lipinski definition) is 1. The van der Waals surface area contributed by atoms with E-state index in [1.807, 2.05) is 20.8 Å². The van der Waals surface area contributed by atoms with Gasteiger partial charge in [-0.1, -0.05) is 0 Å². The molecule has 0 aliphatic carbocycles. The van der Waals surface area contributed by atoms with Gasteiger partial charge in [-0.25, -0.2) is 4.98 Å². The molecule has 0 saturated carbocycles. The molecule has 1 amide bonds. The number of halogens is 1. The van der Waals surface area contributed by atoms with Gasteiger partial charge in [0.15, 0.2) is 0 Å². The zero-order valence-corrected chi connectivity index (χ0v) is 13.2. The number of ether oxygens (including phenoxy) is 1. The van der Waals surface area contributed by atoms with E-state index in [2.05, 4.69) is 31.2 Å². The van der Waals surface area contributed by atoms with Crippen molar-refractivity contribution in [1.82, 2.24) is 15.3 Å². The molecule has 0 aliphatic rings. The number of rotatable bonds is 6. The number of likely N-dealkylation sites (N-methyl/N-ethyl adjacent to an activating group) is 1. The van der Waals surface area contributed by atoms with E-state index in [9.17, 15) is 4.79 Å². The van der Waals surface area contributed by atoms with Crippen LogP contribution in [0.3, 0.4) is 0 Å². The van der Waals surface area contributed by atoms with Gasteiger partial charge in [0.1, 0.15) is 0 Å². The molecule has 0 radical (unpaired) electrons. The molecule has 1 aromatic heterocycles. The molecule has 0 fully saturated rings. The van der Waals surface area contributed by atoms with E-state index >= 15 is 0 Å². The normalized spacial score (nSPS) is 10.4. The average molecular weight is 331 g/mol. The van der Waals surface area contributed by atoms with Crippen LogP contribution in [0, 0.1) is 0 Å². The number of carbonyl (C=O) groups excluding carboxylic acids is 1. The van der Waals surface area contributed by atoms with Crippen LogP contribution in [0.15, 0.2) is 10.7 Å². The molecular weight excluding hydrogens is 312 g/mol. The Morgan fingerprint density at radius 2 is 2.26 bits per heavy atom. The molecule has 1 rings (SSSR count). The van der Waals surface area contributed by atoms with Crippen molar-refractivity contribution in [1.29, 1.82) is 0 Å². The lowest BCUT2D eigenvalue weighted by Gasteiger charge is -2.21. The van der Waals surface area contributed by atoms with Gasteiger partial charge in [-0.05, 0) is 36.7 Å². The lowest BCUT2D eigenvalue weighted by molar-refractivity contribution is -0.120. The third-order valence-electron chi connectivity index (χ3n) is 2.34. The van der Waals surface area contributed by atoms with Crippen molar-refractivity contribution in [3.63, 3.8) is 0 Å². The molecule has 106 valence electrons. The molecule has 0 atom stereocenters. The Bertz CT molecular complexity index is 440. The predicted molar refractivity (Wildman–Crippen MR) is 77.4 cm³/mol. The molecule has 0 aromatic carbocycles. The average Bonchev–Trinajstić information content (AvgIpc) is 2.36. The number of nitrogens with one attached hydrogen (secondary N) is 1. The fourth-order valence-electron chi connectivity index (χ4n) is 1.50. The van der Waals surface area contributed by atoms with Crippen LogP contribution in [-0.4, -0.2) is 42.1 Å². The summed E-state index contributed by atoms with van der Waals surface area (Å²) in [5, 5.41) is 2.84. The first-order valence-corrected chi connectivity index (χ1v) is 6.88. The number of anilines is 1. The molecule has 0 spiro atoms. The first-order chi connectivity index (χ1) is 8.97. The Kier molecular flexibility index (Phi) is 6.01. The molecular formula is C12H19BrN4O2. The molecule has 6 nitrogen and oxygen atoms in total. The maximum atomic E-state index is 11.8. The smallest absolute Gasteiger partial charge is 0.239 e. The minimum absolute atomic E-state index is 0.0534. The highest BCUT2D eigenvalue weighted by Crippen LogP contribution is 2.23. The second-order valence-corrected chi connectivity index (χ2v) is 5.12. The van der Waals surface area contributed by atoms with E-state index in [1.54, 1.807) is 18.2 Å². The van der Waals surface area contributed by atoms with Gasteiger partial charge in [0.05, 0.1) is 24.3 Å². The lowest BCUT2D eigenvalue weighted by Crippen LogP contribution is -2.40. The second-order valence-electron chi connectivity index (χ2n) is 4.26. The summed E-state index contributed by atoms with van der Waals surface area (Å²) in [7, 11) is 1.54. The van der Waals surface area contributed by atoms with Crippen LogP contribution in [0.5, 0.6) is 5.88 Å². The van der Waals surface area contributed by atoms with Gasteiger partial charge >= 0.3 is 0 Å². The Balaban J connectivity index is 2.82. The van der Waals surface area contributed by atoms with E-state index in [-0.39, 0.29) is 18.5 Å². The fourth-order valence-corrected chi connectivity index (χ4v) is 1.86. The second kappa shape index (κ2) is 7.28. The SMILES string of the molecule is CCN(CC(=O)NC(C)C)c1ncc(Br)c(OC)n1. The van der Waals surface area contributed by atoms with Crippen molar-refractivity contribution < 1.29 is 9.53 Å². The molecule has 1 heterocycles. The highest BCUT2D eigenvalue weighted by Gasteiger charge is 2.15. The number of hydrogen-bond acceptors (Lipinski definition) is 5. The Morgan fingerprint density at radius 3 is 2.79 bits per heavy atom. The van der Waals surface area contributed by atoms with Crippen LogP contribution < -0.4 is 15.0 Å². The first kappa shape index (κ1) is 15.7. The number of carbonyl (C=O) groups is 1. The Morgan fingerprint density at radius 1 is 1.58 bits per heavy atom. The van der Waals surface area contributed by atoms with Gasteiger partial charge < -0.3 is 15.0 Å². The van der Waals surface area contributed by atoms with E-state index < -0.39 is 0 Å². The van der Waals surface area contributed by atoms with Crippen LogP contribution >= 0.6 is 15.9 Å².